The van der Waals surface area contributed by atoms with Crippen LogP contribution in [0.2, 0.25) is 0 Å². The summed E-state index contributed by atoms with van der Waals surface area (Å²) in [5.41, 5.74) is 3.40. The summed E-state index contributed by atoms with van der Waals surface area (Å²) in [5.74, 6) is 1.04. The summed E-state index contributed by atoms with van der Waals surface area (Å²) < 4.78 is 27.8. The van der Waals surface area contributed by atoms with Gasteiger partial charge in [0.05, 0.1) is 12.4 Å². The molecule has 0 radical (unpaired) electrons. The number of aryl methyl sites for hydroxylation is 2. The molecule has 0 bridgehead atoms. The highest BCUT2D eigenvalue weighted by molar-refractivity contribution is 7.90. The quantitative estimate of drug-likeness (QED) is 0.777. The topological polar surface area (TPSA) is 55.4 Å². The van der Waals surface area contributed by atoms with Crippen molar-refractivity contribution in [2.75, 3.05) is 25.7 Å². The van der Waals surface area contributed by atoms with E-state index >= 15 is 0 Å². The molecule has 0 aliphatic rings. The predicted molar refractivity (Wildman–Crippen MR) is 78.5 cm³/mol. The van der Waals surface area contributed by atoms with Gasteiger partial charge in [0.1, 0.15) is 15.6 Å². The molecule has 1 rings (SSSR count). The second-order valence-corrected chi connectivity index (χ2v) is 7.18. The van der Waals surface area contributed by atoms with Crippen LogP contribution in [0, 0.1) is 13.8 Å². The second kappa shape index (κ2) is 6.91. The Bertz CT molecular complexity index is 500. The van der Waals surface area contributed by atoms with Crippen molar-refractivity contribution in [2.24, 2.45) is 0 Å². The number of ether oxygens (including phenoxy) is 1. The minimum Gasteiger partial charge on any atom is -0.493 e. The fourth-order valence-electron chi connectivity index (χ4n) is 2.07. The van der Waals surface area contributed by atoms with Crippen LogP contribution in [0.1, 0.15) is 23.1 Å². The summed E-state index contributed by atoms with van der Waals surface area (Å²) in [5, 5.41) is 3.12. The molecule has 0 amide bonds. The van der Waals surface area contributed by atoms with Crippen LogP contribution in [-0.4, -0.2) is 34.1 Å². The van der Waals surface area contributed by atoms with Crippen molar-refractivity contribution in [3.05, 3.63) is 28.8 Å². The summed E-state index contributed by atoms with van der Waals surface area (Å²) in [7, 11) is -0.984. The minimum atomic E-state index is -2.90. The summed E-state index contributed by atoms with van der Waals surface area (Å²) in [6, 6.07) is 4.19. The molecule has 19 heavy (non-hydrogen) atoms. The maximum Gasteiger partial charge on any atom is 0.147 e. The molecular weight excluding hydrogens is 262 g/mol. The lowest BCUT2D eigenvalue weighted by atomic mass is 10.1. The zero-order valence-electron chi connectivity index (χ0n) is 12.1. The van der Waals surface area contributed by atoms with Crippen LogP contribution in [0.3, 0.4) is 0 Å². The van der Waals surface area contributed by atoms with Crippen LogP contribution in [0.15, 0.2) is 12.1 Å². The van der Waals surface area contributed by atoms with Crippen molar-refractivity contribution in [2.45, 2.75) is 26.8 Å². The van der Waals surface area contributed by atoms with Gasteiger partial charge in [-0.1, -0.05) is 12.1 Å². The summed E-state index contributed by atoms with van der Waals surface area (Å²) in [4.78, 5) is 0. The Balaban J connectivity index is 2.64. The summed E-state index contributed by atoms with van der Waals surface area (Å²) in [6.07, 6.45) is 1.77. The largest absolute Gasteiger partial charge is 0.493 e. The first-order valence-electron chi connectivity index (χ1n) is 6.38. The molecule has 1 N–H and O–H groups in total. The van der Waals surface area contributed by atoms with Gasteiger partial charge in [-0.3, -0.25) is 0 Å². The van der Waals surface area contributed by atoms with Crippen LogP contribution >= 0.6 is 0 Å². The molecule has 5 heteroatoms. The van der Waals surface area contributed by atoms with Gasteiger partial charge in [-0.15, -0.1) is 0 Å². The highest BCUT2D eigenvalue weighted by Gasteiger charge is 2.07. The SMILES string of the molecule is CNCc1cc(C)c(OCCCS(C)(=O)=O)c(C)c1. The van der Waals surface area contributed by atoms with E-state index in [-0.39, 0.29) is 5.75 Å². The van der Waals surface area contributed by atoms with E-state index in [1.807, 2.05) is 20.9 Å². The average Bonchev–Trinajstić information content (AvgIpc) is 2.26. The molecule has 0 aliphatic carbocycles. The number of hydrogen-bond acceptors (Lipinski definition) is 4. The van der Waals surface area contributed by atoms with E-state index in [0.717, 1.165) is 23.4 Å². The molecule has 1 aromatic carbocycles. The molecule has 0 aliphatic heterocycles. The van der Waals surface area contributed by atoms with E-state index in [0.29, 0.717) is 13.0 Å². The molecule has 0 saturated heterocycles. The fourth-order valence-corrected chi connectivity index (χ4v) is 2.71. The first-order chi connectivity index (χ1) is 8.83. The molecule has 108 valence electrons. The normalized spacial score (nSPS) is 11.6. The third kappa shape index (κ3) is 5.61. The second-order valence-electron chi connectivity index (χ2n) is 4.92. The van der Waals surface area contributed by atoms with Gasteiger partial charge in [0.2, 0.25) is 0 Å². The van der Waals surface area contributed by atoms with Crippen LogP contribution < -0.4 is 10.1 Å². The Kier molecular flexibility index (Phi) is 5.82. The molecule has 4 nitrogen and oxygen atoms in total. The van der Waals surface area contributed by atoms with Gasteiger partial charge < -0.3 is 10.1 Å². The van der Waals surface area contributed by atoms with Gasteiger partial charge >= 0.3 is 0 Å². The Morgan fingerprint density at radius 2 is 1.79 bits per heavy atom. The molecule has 0 heterocycles. The fraction of sp³-hybridized carbons (Fsp3) is 0.571. The van der Waals surface area contributed by atoms with Crippen molar-refractivity contribution >= 4 is 9.84 Å². The Labute approximate surface area is 116 Å². The van der Waals surface area contributed by atoms with Crippen LogP contribution in [0.25, 0.3) is 0 Å². The van der Waals surface area contributed by atoms with Gasteiger partial charge in [0, 0.05) is 12.8 Å². The lowest BCUT2D eigenvalue weighted by Gasteiger charge is -2.14. The molecular formula is C14H23NO3S. The van der Waals surface area contributed by atoms with Gasteiger partial charge in [0.15, 0.2) is 0 Å². The number of sulfone groups is 1. The minimum absolute atomic E-state index is 0.170. The van der Waals surface area contributed by atoms with Gasteiger partial charge in [-0.05, 0) is 44.0 Å². The number of benzene rings is 1. The van der Waals surface area contributed by atoms with Crippen molar-refractivity contribution < 1.29 is 13.2 Å². The lowest BCUT2D eigenvalue weighted by Crippen LogP contribution is -2.10. The first-order valence-corrected chi connectivity index (χ1v) is 8.45. The smallest absolute Gasteiger partial charge is 0.147 e. The Morgan fingerprint density at radius 3 is 2.26 bits per heavy atom. The highest BCUT2D eigenvalue weighted by Crippen LogP contribution is 2.25. The average molecular weight is 285 g/mol. The highest BCUT2D eigenvalue weighted by atomic mass is 32.2. The van der Waals surface area contributed by atoms with E-state index in [1.54, 1.807) is 0 Å². The maximum absolute atomic E-state index is 11.0. The predicted octanol–water partition coefficient (Wildman–Crippen LogP) is 1.84. The van der Waals surface area contributed by atoms with Crippen molar-refractivity contribution in [3.8, 4) is 5.75 Å². The molecule has 0 aromatic heterocycles. The molecule has 0 spiro atoms. The lowest BCUT2D eigenvalue weighted by molar-refractivity contribution is 0.313. The van der Waals surface area contributed by atoms with Gasteiger partial charge in [-0.25, -0.2) is 8.42 Å². The third-order valence-electron chi connectivity index (χ3n) is 2.81. The third-order valence-corrected chi connectivity index (χ3v) is 3.84. The summed E-state index contributed by atoms with van der Waals surface area (Å²) in [6.45, 7) is 5.28. The van der Waals surface area contributed by atoms with Crippen LogP contribution in [0.5, 0.6) is 5.75 Å². The number of nitrogens with one attached hydrogen (secondary N) is 1. The van der Waals surface area contributed by atoms with Gasteiger partial charge in [-0.2, -0.15) is 0 Å². The first kappa shape index (κ1) is 16.0. The van der Waals surface area contributed by atoms with Crippen molar-refractivity contribution in [1.82, 2.24) is 5.32 Å². The Morgan fingerprint density at radius 1 is 1.21 bits per heavy atom. The molecule has 1 aromatic rings. The molecule has 0 unspecified atom stereocenters. The zero-order valence-corrected chi connectivity index (χ0v) is 12.9. The van der Waals surface area contributed by atoms with E-state index in [4.69, 9.17) is 4.74 Å². The van der Waals surface area contributed by atoms with E-state index in [9.17, 15) is 8.42 Å². The van der Waals surface area contributed by atoms with Crippen LogP contribution in [-0.2, 0) is 16.4 Å². The Hall–Kier alpha value is -1.07. The van der Waals surface area contributed by atoms with Crippen molar-refractivity contribution in [1.29, 1.82) is 0 Å². The van der Waals surface area contributed by atoms with Crippen molar-refractivity contribution in [3.63, 3.8) is 0 Å². The zero-order chi connectivity index (χ0) is 14.5. The molecule has 0 fully saturated rings. The number of hydrogen-bond donors (Lipinski definition) is 1. The molecule has 0 saturated carbocycles. The number of rotatable bonds is 7. The van der Waals surface area contributed by atoms with E-state index in [2.05, 4.69) is 17.4 Å². The monoisotopic (exact) mass is 285 g/mol. The standard InChI is InChI=1S/C14H23NO3S/c1-11-8-13(10-15-3)9-12(2)14(11)18-6-5-7-19(4,16)17/h8-9,15H,5-7,10H2,1-4H3. The van der Waals surface area contributed by atoms with E-state index < -0.39 is 9.84 Å². The van der Waals surface area contributed by atoms with Crippen LogP contribution in [0.4, 0.5) is 0 Å². The van der Waals surface area contributed by atoms with E-state index in [1.165, 1.54) is 11.8 Å². The van der Waals surface area contributed by atoms with Gasteiger partial charge in [0.25, 0.3) is 0 Å². The summed E-state index contributed by atoms with van der Waals surface area (Å²) >= 11 is 0. The maximum atomic E-state index is 11.0. The molecule has 0 atom stereocenters.